The van der Waals surface area contributed by atoms with Gasteiger partial charge in [0, 0.05) is 5.69 Å². The Hall–Kier alpha value is -3.09. The molecule has 0 unspecified atom stereocenters. The summed E-state index contributed by atoms with van der Waals surface area (Å²) in [6, 6.07) is 6.34. The minimum Gasteiger partial charge on any atom is -0.466 e. The summed E-state index contributed by atoms with van der Waals surface area (Å²) in [5.41, 5.74) is 1.80. The van der Waals surface area contributed by atoms with Gasteiger partial charge in [-0.05, 0) is 44.5 Å². The maximum absolute atomic E-state index is 12.0. The smallest absolute Gasteiger partial charge is 0.342 e. The Morgan fingerprint density at radius 1 is 1.08 bits per heavy atom. The van der Waals surface area contributed by atoms with E-state index in [0.717, 1.165) is 5.56 Å². The lowest BCUT2D eigenvalue weighted by Crippen LogP contribution is -2.21. The molecular weight excluding hydrogens is 326 g/mol. The van der Waals surface area contributed by atoms with Gasteiger partial charge in [0.15, 0.2) is 6.61 Å². The standard InChI is InChI=1S/C18H19NO6/c1-10-5-6-13(17(21)23-4)8-15(10)19-16(20)9-24-18(22)14-7-11(2)25-12(14)3/h5-8H,9H2,1-4H3,(H,19,20). The quantitative estimate of drug-likeness (QED) is 0.837. The summed E-state index contributed by atoms with van der Waals surface area (Å²) >= 11 is 0. The average molecular weight is 345 g/mol. The molecule has 0 spiro atoms. The van der Waals surface area contributed by atoms with E-state index in [4.69, 9.17) is 9.15 Å². The predicted molar refractivity (Wildman–Crippen MR) is 89.6 cm³/mol. The summed E-state index contributed by atoms with van der Waals surface area (Å²) in [5, 5.41) is 2.61. The molecule has 0 aliphatic heterocycles. The fourth-order valence-electron chi connectivity index (χ4n) is 2.23. The van der Waals surface area contributed by atoms with E-state index in [1.807, 2.05) is 0 Å². The molecule has 132 valence electrons. The summed E-state index contributed by atoms with van der Waals surface area (Å²) in [4.78, 5) is 35.5. The van der Waals surface area contributed by atoms with E-state index >= 15 is 0 Å². The fraction of sp³-hybridized carbons (Fsp3) is 0.278. The summed E-state index contributed by atoms with van der Waals surface area (Å²) in [7, 11) is 1.28. The van der Waals surface area contributed by atoms with Crippen molar-refractivity contribution in [1.82, 2.24) is 0 Å². The van der Waals surface area contributed by atoms with Gasteiger partial charge in [-0.2, -0.15) is 0 Å². The third-order valence-corrected chi connectivity index (χ3v) is 3.53. The minimum absolute atomic E-state index is 0.286. The van der Waals surface area contributed by atoms with Crippen LogP contribution in [0.1, 0.15) is 37.8 Å². The first-order valence-corrected chi connectivity index (χ1v) is 7.54. The molecule has 0 saturated carbocycles. The first kappa shape index (κ1) is 18.3. The monoisotopic (exact) mass is 345 g/mol. The molecule has 0 atom stereocenters. The zero-order valence-electron chi connectivity index (χ0n) is 14.5. The van der Waals surface area contributed by atoms with Gasteiger partial charge in [0.05, 0.1) is 12.7 Å². The summed E-state index contributed by atoms with van der Waals surface area (Å²) in [5.74, 6) is -0.637. The van der Waals surface area contributed by atoms with Crippen molar-refractivity contribution in [2.45, 2.75) is 20.8 Å². The lowest BCUT2D eigenvalue weighted by molar-refractivity contribution is -0.119. The van der Waals surface area contributed by atoms with Gasteiger partial charge in [-0.15, -0.1) is 0 Å². The number of aryl methyl sites for hydroxylation is 3. The zero-order chi connectivity index (χ0) is 18.6. The molecule has 7 heteroatoms. The van der Waals surface area contributed by atoms with E-state index < -0.39 is 24.5 Å². The molecule has 0 radical (unpaired) electrons. The Labute approximate surface area is 144 Å². The molecule has 0 bridgehead atoms. The Morgan fingerprint density at radius 3 is 2.40 bits per heavy atom. The largest absolute Gasteiger partial charge is 0.466 e. The van der Waals surface area contributed by atoms with Crippen molar-refractivity contribution in [3.05, 3.63) is 52.5 Å². The molecule has 0 aliphatic carbocycles. The Bertz CT molecular complexity index is 821. The molecule has 0 fully saturated rings. The van der Waals surface area contributed by atoms with Gasteiger partial charge in [-0.1, -0.05) is 6.07 Å². The molecule has 7 nitrogen and oxygen atoms in total. The van der Waals surface area contributed by atoms with Crippen LogP contribution in [-0.4, -0.2) is 31.6 Å². The highest BCUT2D eigenvalue weighted by atomic mass is 16.5. The van der Waals surface area contributed by atoms with Crippen LogP contribution in [0.25, 0.3) is 0 Å². The Morgan fingerprint density at radius 2 is 1.80 bits per heavy atom. The van der Waals surface area contributed by atoms with Gasteiger partial charge in [-0.3, -0.25) is 4.79 Å². The average Bonchev–Trinajstić information content (AvgIpc) is 2.92. The molecule has 1 heterocycles. The number of nitrogens with one attached hydrogen (secondary N) is 1. The molecule has 1 aromatic carbocycles. The van der Waals surface area contributed by atoms with Crippen molar-refractivity contribution < 1.29 is 28.3 Å². The highest BCUT2D eigenvalue weighted by molar-refractivity contribution is 5.97. The molecular formula is C18H19NO6. The van der Waals surface area contributed by atoms with Gasteiger partial charge in [0.2, 0.25) is 0 Å². The number of carbonyl (C=O) groups excluding carboxylic acids is 3. The first-order valence-electron chi connectivity index (χ1n) is 7.54. The van der Waals surface area contributed by atoms with Gasteiger partial charge < -0.3 is 19.2 Å². The van der Waals surface area contributed by atoms with E-state index in [0.29, 0.717) is 22.8 Å². The van der Waals surface area contributed by atoms with Crippen LogP contribution in [-0.2, 0) is 14.3 Å². The minimum atomic E-state index is -0.635. The van der Waals surface area contributed by atoms with Crippen molar-refractivity contribution in [2.24, 2.45) is 0 Å². The second-order valence-corrected chi connectivity index (χ2v) is 5.47. The van der Waals surface area contributed by atoms with Gasteiger partial charge in [0.1, 0.15) is 17.1 Å². The number of methoxy groups -OCH3 is 1. The number of hydrogen-bond acceptors (Lipinski definition) is 6. The molecule has 25 heavy (non-hydrogen) atoms. The number of rotatable bonds is 5. The zero-order valence-corrected chi connectivity index (χ0v) is 14.5. The second kappa shape index (κ2) is 7.65. The molecule has 2 rings (SSSR count). The van der Waals surface area contributed by atoms with Crippen LogP contribution in [0.3, 0.4) is 0 Å². The van der Waals surface area contributed by atoms with Crippen molar-refractivity contribution in [3.8, 4) is 0 Å². The highest BCUT2D eigenvalue weighted by Gasteiger charge is 2.17. The van der Waals surface area contributed by atoms with Crippen LogP contribution in [0.15, 0.2) is 28.7 Å². The van der Waals surface area contributed by atoms with Crippen LogP contribution in [0.4, 0.5) is 5.69 Å². The molecule has 1 aromatic heterocycles. The summed E-state index contributed by atoms with van der Waals surface area (Å²) in [6.45, 7) is 4.68. The lowest BCUT2D eigenvalue weighted by Gasteiger charge is -2.10. The SMILES string of the molecule is COC(=O)c1ccc(C)c(NC(=O)COC(=O)c2cc(C)oc2C)c1. The normalized spacial score (nSPS) is 10.2. The summed E-state index contributed by atoms with van der Waals surface area (Å²) < 4.78 is 14.9. The van der Waals surface area contributed by atoms with Crippen LogP contribution in [0.5, 0.6) is 0 Å². The number of furan rings is 1. The van der Waals surface area contributed by atoms with Crippen molar-refractivity contribution in [3.63, 3.8) is 0 Å². The van der Waals surface area contributed by atoms with E-state index in [9.17, 15) is 14.4 Å². The number of hydrogen-bond donors (Lipinski definition) is 1. The maximum Gasteiger partial charge on any atom is 0.342 e. The topological polar surface area (TPSA) is 94.8 Å². The number of benzene rings is 1. The molecule has 2 aromatic rings. The number of anilines is 1. The molecule has 1 N–H and O–H groups in total. The van der Waals surface area contributed by atoms with E-state index in [-0.39, 0.29) is 5.56 Å². The molecule has 0 aliphatic rings. The fourth-order valence-corrected chi connectivity index (χ4v) is 2.23. The number of carbonyl (C=O) groups is 3. The van der Waals surface area contributed by atoms with Crippen LogP contribution in [0, 0.1) is 20.8 Å². The van der Waals surface area contributed by atoms with Crippen molar-refractivity contribution in [2.75, 3.05) is 19.0 Å². The Balaban J connectivity index is 1.99. The number of ether oxygens (including phenoxy) is 2. The van der Waals surface area contributed by atoms with E-state index in [1.165, 1.54) is 13.2 Å². The third-order valence-electron chi connectivity index (χ3n) is 3.53. The van der Waals surface area contributed by atoms with Crippen molar-refractivity contribution >= 4 is 23.5 Å². The number of esters is 2. The molecule has 0 saturated heterocycles. The second-order valence-electron chi connectivity index (χ2n) is 5.47. The van der Waals surface area contributed by atoms with Gasteiger partial charge >= 0.3 is 11.9 Å². The predicted octanol–water partition coefficient (Wildman–Crippen LogP) is 2.79. The first-order chi connectivity index (χ1) is 11.8. The van der Waals surface area contributed by atoms with E-state index in [2.05, 4.69) is 10.1 Å². The molecule has 1 amide bonds. The van der Waals surface area contributed by atoms with E-state index in [1.54, 1.807) is 39.0 Å². The van der Waals surface area contributed by atoms with Crippen LogP contribution in [0.2, 0.25) is 0 Å². The van der Waals surface area contributed by atoms with Crippen molar-refractivity contribution in [1.29, 1.82) is 0 Å². The van der Waals surface area contributed by atoms with Crippen LogP contribution >= 0.6 is 0 Å². The Kier molecular flexibility index (Phi) is 5.59. The number of amides is 1. The van der Waals surface area contributed by atoms with Gasteiger partial charge in [-0.25, -0.2) is 9.59 Å². The maximum atomic E-state index is 12.0. The lowest BCUT2D eigenvalue weighted by atomic mass is 10.1. The highest BCUT2D eigenvalue weighted by Crippen LogP contribution is 2.18. The van der Waals surface area contributed by atoms with Crippen LogP contribution < -0.4 is 5.32 Å². The van der Waals surface area contributed by atoms with Gasteiger partial charge in [0.25, 0.3) is 5.91 Å². The third kappa shape index (κ3) is 4.47. The summed E-state index contributed by atoms with van der Waals surface area (Å²) in [6.07, 6.45) is 0.